The summed E-state index contributed by atoms with van der Waals surface area (Å²) in [5.74, 6) is 1.73. The van der Waals surface area contributed by atoms with Crippen molar-refractivity contribution < 1.29 is 4.42 Å². The van der Waals surface area contributed by atoms with E-state index in [1.54, 1.807) is 0 Å². The van der Waals surface area contributed by atoms with Gasteiger partial charge in [-0.3, -0.25) is 0 Å². The van der Waals surface area contributed by atoms with Crippen LogP contribution in [0.3, 0.4) is 0 Å². The molecule has 0 aliphatic carbocycles. The van der Waals surface area contributed by atoms with Crippen LogP contribution in [0.25, 0.3) is 0 Å². The molecule has 0 spiro atoms. The Kier molecular flexibility index (Phi) is 3.39. The molecule has 5 nitrogen and oxygen atoms in total. The van der Waals surface area contributed by atoms with E-state index in [1.807, 2.05) is 11.8 Å². The molecule has 0 saturated carbocycles. The van der Waals surface area contributed by atoms with Crippen LogP contribution in [0, 0.1) is 0 Å². The average molecular weight is 242 g/mol. The highest BCUT2D eigenvalue weighted by atomic mass is 32.2. The Hall–Kier alpha value is -0.750. The minimum absolute atomic E-state index is 0.251. The molecule has 0 aromatic carbocycles. The van der Waals surface area contributed by atoms with Crippen molar-refractivity contribution in [3.63, 3.8) is 0 Å². The summed E-state index contributed by atoms with van der Waals surface area (Å²) in [6, 6.07) is 0.636. The number of nitrogens with zero attached hydrogens (tertiary/aromatic N) is 3. The van der Waals surface area contributed by atoms with Crippen LogP contribution in [-0.4, -0.2) is 40.3 Å². The van der Waals surface area contributed by atoms with Crippen LogP contribution < -0.4 is 10.6 Å². The van der Waals surface area contributed by atoms with Crippen molar-refractivity contribution >= 4 is 17.8 Å². The van der Waals surface area contributed by atoms with Gasteiger partial charge in [0.15, 0.2) is 0 Å². The lowest BCUT2D eigenvalue weighted by molar-refractivity contribution is 0.475. The molecule has 0 atom stereocenters. The Labute approximate surface area is 99.8 Å². The third-order valence-electron chi connectivity index (χ3n) is 2.51. The standard InChI is InChI=1S/C10H18N4OS/c1-10(2)7-14(5-6-16-10)9-13-12-8(15-9)3-4-11/h3-7,11H2,1-2H3. The minimum Gasteiger partial charge on any atom is -0.408 e. The zero-order valence-electron chi connectivity index (χ0n) is 9.77. The van der Waals surface area contributed by atoms with E-state index >= 15 is 0 Å². The van der Waals surface area contributed by atoms with Gasteiger partial charge in [-0.15, -0.1) is 5.10 Å². The monoisotopic (exact) mass is 242 g/mol. The number of rotatable bonds is 3. The maximum atomic E-state index is 5.57. The molecule has 90 valence electrons. The van der Waals surface area contributed by atoms with Crippen LogP contribution in [0.2, 0.25) is 0 Å². The first kappa shape index (κ1) is 11.7. The summed E-state index contributed by atoms with van der Waals surface area (Å²) in [5.41, 5.74) is 5.45. The van der Waals surface area contributed by atoms with E-state index < -0.39 is 0 Å². The van der Waals surface area contributed by atoms with E-state index in [1.165, 1.54) is 0 Å². The summed E-state index contributed by atoms with van der Waals surface area (Å²) < 4.78 is 5.82. The average Bonchev–Trinajstić information content (AvgIpc) is 2.65. The van der Waals surface area contributed by atoms with Crippen molar-refractivity contribution in [3.8, 4) is 0 Å². The van der Waals surface area contributed by atoms with Crippen LogP contribution in [0.5, 0.6) is 0 Å². The molecule has 2 N–H and O–H groups in total. The van der Waals surface area contributed by atoms with Crippen LogP contribution >= 0.6 is 11.8 Å². The van der Waals surface area contributed by atoms with E-state index in [0.29, 0.717) is 24.9 Å². The highest BCUT2D eigenvalue weighted by Gasteiger charge is 2.29. The molecule has 1 aromatic rings. The van der Waals surface area contributed by atoms with E-state index in [9.17, 15) is 0 Å². The largest absolute Gasteiger partial charge is 0.408 e. The fraction of sp³-hybridized carbons (Fsp3) is 0.800. The first-order valence-electron chi connectivity index (χ1n) is 5.52. The molecule has 1 fully saturated rings. The van der Waals surface area contributed by atoms with Crippen molar-refractivity contribution in [1.29, 1.82) is 0 Å². The van der Waals surface area contributed by atoms with E-state index in [0.717, 1.165) is 18.8 Å². The molecule has 16 heavy (non-hydrogen) atoms. The van der Waals surface area contributed by atoms with Gasteiger partial charge in [0.05, 0.1) is 0 Å². The maximum absolute atomic E-state index is 5.57. The molecule has 0 radical (unpaired) electrons. The molecular weight excluding hydrogens is 224 g/mol. The zero-order valence-corrected chi connectivity index (χ0v) is 10.6. The summed E-state index contributed by atoms with van der Waals surface area (Å²) >= 11 is 1.98. The highest BCUT2D eigenvalue weighted by Crippen LogP contribution is 2.31. The van der Waals surface area contributed by atoms with E-state index in [2.05, 4.69) is 28.9 Å². The molecule has 0 amide bonds. The Morgan fingerprint density at radius 3 is 3.00 bits per heavy atom. The number of aromatic nitrogens is 2. The minimum atomic E-state index is 0.251. The molecule has 1 aliphatic heterocycles. The molecular formula is C10H18N4OS. The lowest BCUT2D eigenvalue weighted by Gasteiger charge is -2.36. The van der Waals surface area contributed by atoms with Gasteiger partial charge in [-0.2, -0.15) is 11.8 Å². The second-order valence-corrected chi connectivity index (χ2v) is 6.35. The summed E-state index contributed by atoms with van der Waals surface area (Å²) in [7, 11) is 0. The van der Waals surface area contributed by atoms with Crippen LogP contribution in [-0.2, 0) is 6.42 Å². The Balaban J connectivity index is 2.05. The smallest absolute Gasteiger partial charge is 0.318 e. The molecule has 0 bridgehead atoms. The number of anilines is 1. The van der Waals surface area contributed by atoms with E-state index in [-0.39, 0.29) is 4.75 Å². The summed E-state index contributed by atoms with van der Waals surface area (Å²) in [6.07, 6.45) is 0.652. The van der Waals surface area contributed by atoms with Gasteiger partial charge in [-0.05, 0) is 13.8 Å². The Morgan fingerprint density at radius 2 is 2.31 bits per heavy atom. The summed E-state index contributed by atoms with van der Waals surface area (Å²) in [5, 5.41) is 8.05. The first-order valence-corrected chi connectivity index (χ1v) is 6.51. The van der Waals surface area contributed by atoms with Crippen molar-refractivity contribution in [2.45, 2.75) is 25.0 Å². The van der Waals surface area contributed by atoms with Gasteiger partial charge in [0.1, 0.15) is 0 Å². The van der Waals surface area contributed by atoms with Gasteiger partial charge in [-0.1, -0.05) is 5.10 Å². The SMILES string of the molecule is CC1(C)CN(c2nnc(CCN)o2)CCS1. The Morgan fingerprint density at radius 1 is 1.50 bits per heavy atom. The third kappa shape index (κ3) is 2.68. The summed E-state index contributed by atoms with van der Waals surface area (Å²) in [6.45, 7) is 6.94. The zero-order chi connectivity index (χ0) is 11.6. The number of thioether (sulfide) groups is 1. The highest BCUT2D eigenvalue weighted by molar-refractivity contribution is 8.00. The molecule has 1 saturated heterocycles. The molecule has 2 heterocycles. The number of hydrogen-bond acceptors (Lipinski definition) is 6. The third-order valence-corrected chi connectivity index (χ3v) is 3.81. The maximum Gasteiger partial charge on any atom is 0.318 e. The molecule has 6 heteroatoms. The van der Waals surface area contributed by atoms with Gasteiger partial charge < -0.3 is 15.1 Å². The second kappa shape index (κ2) is 4.63. The molecule has 1 aliphatic rings. The van der Waals surface area contributed by atoms with E-state index in [4.69, 9.17) is 10.2 Å². The quantitative estimate of drug-likeness (QED) is 0.849. The van der Waals surface area contributed by atoms with Crippen LogP contribution in [0.15, 0.2) is 4.42 Å². The Bertz CT molecular complexity index is 352. The fourth-order valence-electron chi connectivity index (χ4n) is 1.78. The van der Waals surface area contributed by atoms with Gasteiger partial charge in [-0.25, -0.2) is 0 Å². The van der Waals surface area contributed by atoms with Crippen molar-refractivity contribution in [1.82, 2.24) is 10.2 Å². The van der Waals surface area contributed by atoms with Crippen molar-refractivity contribution in [2.24, 2.45) is 5.73 Å². The lowest BCUT2D eigenvalue weighted by Crippen LogP contribution is -2.43. The van der Waals surface area contributed by atoms with Crippen LogP contribution in [0.1, 0.15) is 19.7 Å². The topological polar surface area (TPSA) is 68.2 Å². The normalized spacial score (nSPS) is 20.1. The van der Waals surface area contributed by atoms with Crippen molar-refractivity contribution in [2.75, 3.05) is 30.3 Å². The predicted octanol–water partition coefficient (Wildman–Crippen LogP) is 0.903. The molecule has 0 unspecified atom stereocenters. The van der Waals surface area contributed by atoms with Crippen LogP contribution in [0.4, 0.5) is 6.01 Å². The number of hydrogen-bond donors (Lipinski definition) is 1. The van der Waals surface area contributed by atoms with Gasteiger partial charge in [0, 0.05) is 36.6 Å². The fourth-order valence-corrected chi connectivity index (χ4v) is 2.89. The summed E-state index contributed by atoms with van der Waals surface area (Å²) in [4.78, 5) is 2.16. The lowest BCUT2D eigenvalue weighted by atomic mass is 10.2. The van der Waals surface area contributed by atoms with Gasteiger partial charge >= 0.3 is 6.01 Å². The first-order chi connectivity index (χ1) is 7.61. The van der Waals surface area contributed by atoms with Gasteiger partial charge in [0.25, 0.3) is 0 Å². The van der Waals surface area contributed by atoms with Crippen molar-refractivity contribution in [3.05, 3.63) is 5.89 Å². The number of nitrogens with two attached hydrogens (primary N) is 1. The predicted molar refractivity (Wildman–Crippen MR) is 65.8 cm³/mol. The molecule has 2 rings (SSSR count). The second-order valence-electron chi connectivity index (χ2n) is 4.55. The molecule has 1 aromatic heterocycles. The van der Waals surface area contributed by atoms with Gasteiger partial charge in [0.2, 0.25) is 5.89 Å².